The van der Waals surface area contributed by atoms with Crippen LogP contribution in [0.3, 0.4) is 0 Å². The molecule has 106 valence electrons. The monoisotopic (exact) mass is 282 g/mol. The molecule has 21 heavy (non-hydrogen) atoms. The van der Waals surface area contributed by atoms with Gasteiger partial charge in [0.2, 0.25) is 0 Å². The third-order valence-electron chi connectivity index (χ3n) is 4.84. The molecular weight excluding hydrogens is 268 g/mol. The van der Waals surface area contributed by atoms with Gasteiger partial charge in [0.1, 0.15) is 0 Å². The maximum absolute atomic E-state index is 11.4. The van der Waals surface area contributed by atoms with Crippen molar-refractivity contribution in [1.29, 1.82) is 0 Å². The summed E-state index contributed by atoms with van der Waals surface area (Å²) in [7, 11) is 0. The maximum atomic E-state index is 11.4. The van der Waals surface area contributed by atoms with Crippen molar-refractivity contribution in [3.05, 3.63) is 35.0 Å². The van der Waals surface area contributed by atoms with E-state index in [1.807, 2.05) is 0 Å². The van der Waals surface area contributed by atoms with Gasteiger partial charge < -0.3 is 5.11 Å². The van der Waals surface area contributed by atoms with Gasteiger partial charge in [0.05, 0.1) is 23.8 Å². The second-order valence-corrected chi connectivity index (χ2v) is 6.31. The number of carbonyl (C=O) groups is 1. The van der Waals surface area contributed by atoms with Crippen LogP contribution >= 0.6 is 0 Å². The molecule has 3 aliphatic carbocycles. The Kier molecular flexibility index (Phi) is 2.01. The van der Waals surface area contributed by atoms with E-state index >= 15 is 0 Å². The summed E-state index contributed by atoms with van der Waals surface area (Å²) in [6.07, 6.45) is 7.90. The third-order valence-corrected chi connectivity index (χ3v) is 4.84. The van der Waals surface area contributed by atoms with Crippen molar-refractivity contribution in [2.24, 2.45) is 5.92 Å². The molecule has 2 saturated carbocycles. The fourth-order valence-electron chi connectivity index (χ4n) is 3.49. The van der Waals surface area contributed by atoms with E-state index in [9.17, 15) is 9.90 Å². The minimum absolute atomic E-state index is 0.185. The Morgan fingerprint density at radius 1 is 1.29 bits per heavy atom. The van der Waals surface area contributed by atoms with E-state index in [2.05, 4.69) is 15.1 Å². The third kappa shape index (κ3) is 1.58. The van der Waals surface area contributed by atoms with E-state index in [4.69, 9.17) is 0 Å². The SMILES string of the molecule is O=C(O)c1nn(-c2cnc(C3CC3)cn2)c2c1C[C@H]1C[C@@H]21. The Balaban J connectivity index is 1.62. The van der Waals surface area contributed by atoms with Crippen LogP contribution in [0, 0.1) is 5.92 Å². The van der Waals surface area contributed by atoms with Crippen molar-refractivity contribution < 1.29 is 9.90 Å². The summed E-state index contributed by atoms with van der Waals surface area (Å²) >= 11 is 0. The van der Waals surface area contributed by atoms with Crippen molar-refractivity contribution in [2.75, 3.05) is 0 Å². The second kappa shape index (κ2) is 3.69. The lowest BCUT2D eigenvalue weighted by Crippen LogP contribution is -2.06. The average molecular weight is 282 g/mol. The van der Waals surface area contributed by atoms with Gasteiger partial charge in [0.15, 0.2) is 11.5 Å². The van der Waals surface area contributed by atoms with Crippen LogP contribution in [-0.4, -0.2) is 30.8 Å². The Hall–Kier alpha value is -2.24. The van der Waals surface area contributed by atoms with Crippen molar-refractivity contribution in [3.8, 4) is 5.82 Å². The van der Waals surface area contributed by atoms with E-state index in [0.717, 1.165) is 29.8 Å². The molecule has 3 aliphatic rings. The molecule has 5 rings (SSSR count). The van der Waals surface area contributed by atoms with Gasteiger partial charge in [0.25, 0.3) is 0 Å². The summed E-state index contributed by atoms with van der Waals surface area (Å²) in [4.78, 5) is 20.3. The zero-order chi connectivity index (χ0) is 14.1. The molecule has 2 aromatic rings. The fourth-order valence-corrected chi connectivity index (χ4v) is 3.49. The zero-order valence-electron chi connectivity index (χ0n) is 11.4. The number of aromatic nitrogens is 4. The molecule has 6 nitrogen and oxygen atoms in total. The molecule has 0 spiro atoms. The number of carboxylic acids is 1. The van der Waals surface area contributed by atoms with E-state index in [1.54, 1.807) is 17.1 Å². The maximum Gasteiger partial charge on any atom is 0.356 e. The van der Waals surface area contributed by atoms with Crippen molar-refractivity contribution in [2.45, 2.75) is 37.5 Å². The molecule has 1 N–H and O–H groups in total. The number of rotatable bonds is 3. The van der Waals surface area contributed by atoms with Gasteiger partial charge in [-0.25, -0.2) is 14.5 Å². The first kappa shape index (κ1) is 11.4. The molecule has 2 aromatic heterocycles. The first-order valence-electron chi connectivity index (χ1n) is 7.39. The Labute approximate surface area is 120 Å². The molecule has 0 radical (unpaired) electrons. The van der Waals surface area contributed by atoms with Gasteiger partial charge in [-0.3, -0.25) is 4.98 Å². The predicted molar refractivity (Wildman–Crippen MR) is 72.6 cm³/mol. The van der Waals surface area contributed by atoms with Crippen molar-refractivity contribution >= 4 is 5.97 Å². The smallest absolute Gasteiger partial charge is 0.356 e. The lowest BCUT2D eigenvalue weighted by molar-refractivity contribution is 0.0688. The summed E-state index contributed by atoms with van der Waals surface area (Å²) in [5.41, 5.74) is 3.17. The van der Waals surface area contributed by atoms with Crippen LogP contribution < -0.4 is 0 Å². The van der Waals surface area contributed by atoms with Gasteiger partial charge in [-0.1, -0.05) is 0 Å². The highest BCUT2D eigenvalue weighted by molar-refractivity contribution is 5.88. The molecule has 0 bridgehead atoms. The highest BCUT2D eigenvalue weighted by Crippen LogP contribution is 2.57. The van der Waals surface area contributed by atoms with E-state index in [1.165, 1.54) is 12.8 Å². The highest BCUT2D eigenvalue weighted by Gasteiger charge is 2.50. The molecule has 0 amide bonds. The molecule has 2 heterocycles. The molecule has 2 atom stereocenters. The largest absolute Gasteiger partial charge is 0.476 e. The quantitative estimate of drug-likeness (QED) is 0.929. The normalized spacial score (nSPS) is 25.5. The van der Waals surface area contributed by atoms with Gasteiger partial charge in [0, 0.05) is 17.4 Å². The van der Waals surface area contributed by atoms with Crippen LogP contribution in [-0.2, 0) is 6.42 Å². The molecule has 0 aliphatic heterocycles. The predicted octanol–water partition coefficient (Wildman–Crippen LogP) is 1.90. The van der Waals surface area contributed by atoms with Crippen LogP contribution in [0.1, 0.15) is 58.5 Å². The fraction of sp³-hybridized carbons (Fsp3) is 0.467. The molecule has 2 fully saturated rings. The van der Waals surface area contributed by atoms with Crippen molar-refractivity contribution in [3.63, 3.8) is 0 Å². The first-order valence-corrected chi connectivity index (χ1v) is 7.39. The van der Waals surface area contributed by atoms with Crippen molar-refractivity contribution in [1.82, 2.24) is 19.7 Å². The zero-order valence-corrected chi connectivity index (χ0v) is 11.4. The number of nitrogens with zero attached hydrogens (tertiary/aromatic N) is 4. The highest BCUT2D eigenvalue weighted by atomic mass is 16.4. The lowest BCUT2D eigenvalue weighted by atomic mass is 10.1. The Morgan fingerprint density at radius 2 is 2.14 bits per heavy atom. The first-order chi connectivity index (χ1) is 10.2. The number of hydrogen-bond donors (Lipinski definition) is 1. The minimum atomic E-state index is -0.950. The van der Waals surface area contributed by atoms with Crippen LogP contribution in [0.5, 0.6) is 0 Å². The van der Waals surface area contributed by atoms with Gasteiger partial charge in [-0.15, -0.1) is 0 Å². The van der Waals surface area contributed by atoms with Gasteiger partial charge in [-0.05, 0) is 31.6 Å². The van der Waals surface area contributed by atoms with Crippen LogP contribution in [0.4, 0.5) is 0 Å². The number of aromatic carboxylic acids is 1. The summed E-state index contributed by atoms with van der Waals surface area (Å²) < 4.78 is 1.71. The second-order valence-electron chi connectivity index (χ2n) is 6.31. The Morgan fingerprint density at radius 3 is 2.81 bits per heavy atom. The number of fused-ring (bicyclic) bond motifs is 3. The van der Waals surface area contributed by atoms with E-state index in [-0.39, 0.29) is 5.69 Å². The summed E-state index contributed by atoms with van der Waals surface area (Å²) in [6, 6.07) is 0. The van der Waals surface area contributed by atoms with Crippen LogP contribution in [0.25, 0.3) is 5.82 Å². The molecule has 6 heteroatoms. The topological polar surface area (TPSA) is 80.9 Å². The van der Waals surface area contributed by atoms with E-state index < -0.39 is 5.97 Å². The van der Waals surface area contributed by atoms with Crippen LogP contribution in [0.15, 0.2) is 12.4 Å². The number of carboxylic acid groups (broad SMARTS) is 1. The molecule has 0 aromatic carbocycles. The van der Waals surface area contributed by atoms with Gasteiger partial charge in [-0.2, -0.15) is 5.10 Å². The lowest BCUT2D eigenvalue weighted by Gasteiger charge is -2.05. The van der Waals surface area contributed by atoms with Crippen LogP contribution in [0.2, 0.25) is 0 Å². The average Bonchev–Trinajstić information content (AvgIpc) is 3.38. The molecule has 0 unspecified atom stereocenters. The Bertz CT molecular complexity index is 761. The van der Waals surface area contributed by atoms with Gasteiger partial charge >= 0.3 is 5.97 Å². The summed E-state index contributed by atoms with van der Waals surface area (Å²) in [5, 5.41) is 13.6. The standard InChI is InChI=1S/C15H14N4O2/c20-15(21)13-10-4-8-3-9(8)14(10)19(18-13)12-6-16-11(5-17-12)7-1-2-7/h5-9H,1-4H2,(H,20,21)/t8-,9-/m1/s1. The summed E-state index contributed by atoms with van der Waals surface area (Å²) in [5.74, 6) is 1.33. The summed E-state index contributed by atoms with van der Waals surface area (Å²) in [6.45, 7) is 0. The number of hydrogen-bond acceptors (Lipinski definition) is 4. The molecular formula is C15H14N4O2. The minimum Gasteiger partial charge on any atom is -0.476 e. The molecule has 0 saturated heterocycles. The van der Waals surface area contributed by atoms with E-state index in [0.29, 0.717) is 23.6 Å².